The lowest BCUT2D eigenvalue weighted by Gasteiger charge is -2.18. The Balaban J connectivity index is 1.82. The molecular weight excluding hydrogens is 202 g/mol. The number of ether oxygens (including phenoxy) is 1. The van der Waals surface area contributed by atoms with Crippen LogP contribution in [-0.4, -0.2) is 23.5 Å². The summed E-state index contributed by atoms with van der Waals surface area (Å²) in [6.07, 6.45) is 2.07. The van der Waals surface area contributed by atoms with Crippen molar-refractivity contribution in [1.82, 2.24) is 5.32 Å². The van der Waals surface area contributed by atoms with Crippen LogP contribution in [0.25, 0.3) is 0 Å². The van der Waals surface area contributed by atoms with Gasteiger partial charge in [0.1, 0.15) is 11.5 Å². The summed E-state index contributed by atoms with van der Waals surface area (Å²) in [5.41, 5.74) is 1.07. The maximum absolute atomic E-state index is 9.17. The highest BCUT2D eigenvalue weighted by molar-refractivity contribution is 5.25. The van der Waals surface area contributed by atoms with Crippen LogP contribution in [0, 0.1) is 0 Å². The van der Waals surface area contributed by atoms with Gasteiger partial charge in [-0.25, -0.2) is 0 Å². The zero-order valence-electron chi connectivity index (χ0n) is 9.86. The third-order valence-electron chi connectivity index (χ3n) is 2.91. The number of hydrogen-bond donors (Lipinski definition) is 2. The quantitative estimate of drug-likeness (QED) is 0.820. The predicted molar refractivity (Wildman–Crippen MR) is 63.4 cm³/mol. The number of phenolic OH excluding ortho intramolecular Hbond substituents is 1. The van der Waals surface area contributed by atoms with Crippen molar-refractivity contribution in [3.05, 3.63) is 29.8 Å². The van der Waals surface area contributed by atoms with Gasteiger partial charge in [0.25, 0.3) is 0 Å². The number of hydrogen-bond acceptors (Lipinski definition) is 3. The molecule has 0 aromatic heterocycles. The van der Waals surface area contributed by atoms with E-state index in [1.807, 2.05) is 26.0 Å². The van der Waals surface area contributed by atoms with Crippen LogP contribution in [-0.2, 0) is 11.2 Å². The van der Waals surface area contributed by atoms with Crippen LogP contribution in [0.4, 0.5) is 0 Å². The molecule has 1 aromatic rings. The SMILES string of the molecule is CC1(C)N[C@@H](CCc2ccc(O)cc2)CO1. The predicted octanol–water partition coefficient (Wildman–Crippen LogP) is 2.05. The second-order valence-electron chi connectivity index (χ2n) is 4.87. The lowest BCUT2D eigenvalue weighted by Crippen LogP contribution is -2.38. The molecule has 1 saturated heterocycles. The lowest BCUT2D eigenvalue weighted by molar-refractivity contribution is 0.0231. The van der Waals surface area contributed by atoms with E-state index >= 15 is 0 Å². The minimum Gasteiger partial charge on any atom is -0.508 e. The Kier molecular flexibility index (Phi) is 3.17. The zero-order valence-corrected chi connectivity index (χ0v) is 9.86. The van der Waals surface area contributed by atoms with Crippen LogP contribution in [0.3, 0.4) is 0 Å². The van der Waals surface area contributed by atoms with Gasteiger partial charge in [-0.3, -0.25) is 5.32 Å². The van der Waals surface area contributed by atoms with Gasteiger partial charge in [-0.2, -0.15) is 0 Å². The summed E-state index contributed by atoms with van der Waals surface area (Å²) < 4.78 is 5.61. The van der Waals surface area contributed by atoms with Gasteiger partial charge in [-0.1, -0.05) is 12.1 Å². The number of benzene rings is 1. The van der Waals surface area contributed by atoms with Gasteiger partial charge < -0.3 is 9.84 Å². The Hall–Kier alpha value is -1.06. The van der Waals surface area contributed by atoms with Crippen molar-refractivity contribution in [1.29, 1.82) is 0 Å². The largest absolute Gasteiger partial charge is 0.508 e. The maximum Gasteiger partial charge on any atom is 0.115 e. The average molecular weight is 221 g/mol. The Labute approximate surface area is 96.4 Å². The first-order valence-electron chi connectivity index (χ1n) is 5.75. The molecule has 1 aromatic carbocycles. The number of aromatic hydroxyl groups is 1. The summed E-state index contributed by atoms with van der Waals surface area (Å²) in [6, 6.07) is 7.84. The van der Waals surface area contributed by atoms with Gasteiger partial charge in [-0.05, 0) is 44.4 Å². The highest BCUT2D eigenvalue weighted by Crippen LogP contribution is 2.18. The first-order chi connectivity index (χ1) is 7.55. The molecule has 0 saturated carbocycles. The Bertz CT molecular complexity index is 345. The number of rotatable bonds is 3. The normalized spacial score (nSPS) is 23.5. The van der Waals surface area contributed by atoms with Gasteiger partial charge in [0.05, 0.1) is 6.61 Å². The van der Waals surface area contributed by atoms with Gasteiger partial charge in [0.15, 0.2) is 0 Å². The van der Waals surface area contributed by atoms with Gasteiger partial charge in [0.2, 0.25) is 0 Å². The third-order valence-corrected chi connectivity index (χ3v) is 2.91. The molecule has 1 aliphatic rings. The Morgan fingerprint density at radius 3 is 2.62 bits per heavy atom. The number of nitrogens with one attached hydrogen (secondary N) is 1. The smallest absolute Gasteiger partial charge is 0.115 e. The molecule has 1 atom stereocenters. The van der Waals surface area contributed by atoms with E-state index in [2.05, 4.69) is 5.32 Å². The van der Waals surface area contributed by atoms with Crippen molar-refractivity contribution in [3.63, 3.8) is 0 Å². The van der Waals surface area contributed by atoms with E-state index in [-0.39, 0.29) is 5.72 Å². The standard InChI is InChI=1S/C13H19NO2/c1-13(2)14-11(9-16-13)6-3-10-4-7-12(15)8-5-10/h4-5,7-8,11,14-15H,3,6,9H2,1-2H3/t11-/m0/s1. The first-order valence-corrected chi connectivity index (χ1v) is 5.75. The minimum absolute atomic E-state index is 0.181. The van der Waals surface area contributed by atoms with Crippen LogP contribution >= 0.6 is 0 Å². The van der Waals surface area contributed by atoms with Crippen molar-refractivity contribution in [2.45, 2.75) is 38.5 Å². The summed E-state index contributed by atoms with van der Waals surface area (Å²) in [6.45, 7) is 4.88. The highest BCUT2D eigenvalue weighted by atomic mass is 16.5. The fraction of sp³-hybridized carbons (Fsp3) is 0.538. The van der Waals surface area contributed by atoms with Crippen molar-refractivity contribution < 1.29 is 9.84 Å². The highest BCUT2D eigenvalue weighted by Gasteiger charge is 2.30. The molecule has 1 heterocycles. The fourth-order valence-corrected chi connectivity index (χ4v) is 2.04. The minimum atomic E-state index is -0.181. The average Bonchev–Trinajstić information content (AvgIpc) is 2.58. The molecule has 2 N–H and O–H groups in total. The van der Waals surface area contributed by atoms with E-state index in [1.165, 1.54) is 5.56 Å². The van der Waals surface area contributed by atoms with Gasteiger partial charge >= 0.3 is 0 Å². The number of aryl methyl sites for hydroxylation is 1. The van der Waals surface area contributed by atoms with E-state index in [0.717, 1.165) is 19.4 Å². The molecule has 0 spiro atoms. The molecule has 1 fully saturated rings. The second-order valence-corrected chi connectivity index (χ2v) is 4.87. The van der Waals surface area contributed by atoms with Crippen molar-refractivity contribution in [3.8, 4) is 5.75 Å². The van der Waals surface area contributed by atoms with E-state index in [0.29, 0.717) is 11.8 Å². The van der Waals surface area contributed by atoms with Crippen LogP contribution < -0.4 is 5.32 Å². The van der Waals surface area contributed by atoms with Crippen molar-refractivity contribution in [2.24, 2.45) is 0 Å². The molecule has 3 nitrogen and oxygen atoms in total. The van der Waals surface area contributed by atoms with Gasteiger partial charge in [-0.15, -0.1) is 0 Å². The fourth-order valence-electron chi connectivity index (χ4n) is 2.04. The second kappa shape index (κ2) is 4.44. The van der Waals surface area contributed by atoms with E-state index in [9.17, 15) is 5.11 Å². The van der Waals surface area contributed by atoms with E-state index in [4.69, 9.17) is 4.74 Å². The monoisotopic (exact) mass is 221 g/mol. The summed E-state index contributed by atoms with van der Waals surface area (Å²) in [4.78, 5) is 0. The molecule has 88 valence electrons. The Morgan fingerprint density at radius 1 is 1.38 bits per heavy atom. The summed E-state index contributed by atoms with van der Waals surface area (Å²) in [7, 11) is 0. The molecule has 2 rings (SSSR count). The van der Waals surface area contributed by atoms with E-state index in [1.54, 1.807) is 12.1 Å². The molecule has 3 heteroatoms. The van der Waals surface area contributed by atoms with E-state index < -0.39 is 0 Å². The molecule has 1 aliphatic heterocycles. The van der Waals surface area contributed by atoms with Crippen molar-refractivity contribution in [2.75, 3.05) is 6.61 Å². The lowest BCUT2D eigenvalue weighted by atomic mass is 10.1. The molecule has 0 radical (unpaired) electrons. The van der Waals surface area contributed by atoms with Crippen LogP contribution in [0.5, 0.6) is 5.75 Å². The molecule has 16 heavy (non-hydrogen) atoms. The summed E-state index contributed by atoms with van der Waals surface area (Å²) in [5.74, 6) is 0.326. The van der Waals surface area contributed by atoms with Crippen LogP contribution in [0.1, 0.15) is 25.8 Å². The topological polar surface area (TPSA) is 41.5 Å². The summed E-state index contributed by atoms with van der Waals surface area (Å²) >= 11 is 0. The molecule has 0 amide bonds. The molecule has 0 bridgehead atoms. The maximum atomic E-state index is 9.17. The Morgan fingerprint density at radius 2 is 2.06 bits per heavy atom. The summed E-state index contributed by atoms with van der Waals surface area (Å²) in [5, 5.41) is 12.6. The molecular formula is C13H19NO2. The zero-order chi connectivity index (χ0) is 11.6. The van der Waals surface area contributed by atoms with Crippen LogP contribution in [0.2, 0.25) is 0 Å². The molecule has 0 aliphatic carbocycles. The molecule has 0 unspecified atom stereocenters. The third kappa shape index (κ3) is 2.97. The number of phenols is 1. The van der Waals surface area contributed by atoms with Crippen molar-refractivity contribution >= 4 is 0 Å². The van der Waals surface area contributed by atoms with Crippen LogP contribution in [0.15, 0.2) is 24.3 Å². The van der Waals surface area contributed by atoms with Gasteiger partial charge in [0, 0.05) is 6.04 Å². The first kappa shape index (κ1) is 11.4.